The second-order valence-corrected chi connectivity index (χ2v) is 3.77. The van der Waals surface area contributed by atoms with Gasteiger partial charge in [0.1, 0.15) is 5.52 Å². The maximum atomic E-state index is 11.5. The summed E-state index contributed by atoms with van der Waals surface area (Å²) >= 11 is 0. The molecule has 0 aliphatic heterocycles. The second-order valence-electron chi connectivity index (χ2n) is 3.77. The highest BCUT2D eigenvalue weighted by molar-refractivity contribution is 6.06. The molecule has 2 aromatic heterocycles. The molecule has 3 nitrogen and oxygen atoms in total. The zero-order chi connectivity index (χ0) is 10.4. The summed E-state index contributed by atoms with van der Waals surface area (Å²) < 4.78 is 0. The number of aryl methyl sites for hydroxylation is 1. The summed E-state index contributed by atoms with van der Waals surface area (Å²) in [7, 11) is 0. The van der Waals surface area contributed by atoms with Gasteiger partial charge in [-0.2, -0.15) is 0 Å². The lowest BCUT2D eigenvalue weighted by molar-refractivity contribution is 1.26. The molecular formula is C12H10N2O. The first-order chi connectivity index (χ1) is 7.25. The summed E-state index contributed by atoms with van der Waals surface area (Å²) in [4.78, 5) is 17.4. The van der Waals surface area contributed by atoms with Crippen LogP contribution in [0.15, 0.2) is 35.3 Å². The topological polar surface area (TPSA) is 48.6 Å². The minimum Gasteiger partial charge on any atom is -0.350 e. The van der Waals surface area contributed by atoms with Crippen LogP contribution in [0, 0.1) is 6.92 Å². The largest absolute Gasteiger partial charge is 0.350 e. The van der Waals surface area contributed by atoms with Crippen LogP contribution in [0.25, 0.3) is 21.8 Å². The molecule has 0 saturated carbocycles. The van der Waals surface area contributed by atoms with Crippen molar-refractivity contribution in [3.63, 3.8) is 0 Å². The highest BCUT2D eigenvalue weighted by Gasteiger charge is 2.05. The van der Waals surface area contributed by atoms with Crippen molar-refractivity contribution >= 4 is 21.8 Å². The van der Waals surface area contributed by atoms with E-state index in [2.05, 4.69) is 22.1 Å². The van der Waals surface area contributed by atoms with Gasteiger partial charge in [0, 0.05) is 22.5 Å². The molecule has 0 bridgehead atoms. The van der Waals surface area contributed by atoms with Gasteiger partial charge in [0.05, 0.1) is 0 Å². The fraction of sp³-hybridized carbons (Fsp3) is 0.0833. The Hall–Kier alpha value is -2.03. The van der Waals surface area contributed by atoms with E-state index in [1.54, 1.807) is 6.20 Å². The Morgan fingerprint density at radius 3 is 2.87 bits per heavy atom. The number of rotatable bonds is 0. The molecule has 2 heterocycles. The molecule has 0 radical (unpaired) electrons. The molecule has 3 heteroatoms. The van der Waals surface area contributed by atoms with Crippen LogP contribution in [0.3, 0.4) is 0 Å². The van der Waals surface area contributed by atoms with Gasteiger partial charge in [-0.25, -0.2) is 0 Å². The highest BCUT2D eigenvalue weighted by Crippen LogP contribution is 2.23. The molecule has 0 spiro atoms. The van der Waals surface area contributed by atoms with E-state index < -0.39 is 0 Å². The van der Waals surface area contributed by atoms with Crippen LogP contribution in [-0.2, 0) is 0 Å². The van der Waals surface area contributed by atoms with Crippen LogP contribution in [0.1, 0.15) is 5.56 Å². The summed E-state index contributed by atoms with van der Waals surface area (Å²) in [6, 6.07) is 8.07. The number of H-pyrrole nitrogens is 2. The van der Waals surface area contributed by atoms with Crippen molar-refractivity contribution in [2.45, 2.75) is 6.92 Å². The summed E-state index contributed by atoms with van der Waals surface area (Å²) in [5.74, 6) is 0. The Labute approximate surface area is 85.8 Å². The zero-order valence-corrected chi connectivity index (χ0v) is 8.29. The first-order valence-corrected chi connectivity index (χ1v) is 4.85. The molecule has 2 N–H and O–H groups in total. The summed E-state index contributed by atoms with van der Waals surface area (Å²) in [5, 5.41) is 2.08. The van der Waals surface area contributed by atoms with Gasteiger partial charge in [0.25, 0.3) is 5.56 Å². The predicted molar refractivity (Wildman–Crippen MR) is 61.2 cm³/mol. The molecule has 15 heavy (non-hydrogen) atoms. The fourth-order valence-corrected chi connectivity index (χ4v) is 1.96. The van der Waals surface area contributed by atoms with E-state index in [9.17, 15) is 4.79 Å². The predicted octanol–water partition coefficient (Wildman–Crippen LogP) is 2.32. The minimum absolute atomic E-state index is 0.0682. The maximum Gasteiger partial charge on any atom is 0.272 e. The van der Waals surface area contributed by atoms with E-state index in [0.29, 0.717) is 5.52 Å². The standard InChI is InChI=1S/C12H10N2O/c1-7-2-3-8-9-4-5-13-12(15)11(9)14-10(8)6-7/h2-6,14H,1H3,(H,13,15). The van der Waals surface area contributed by atoms with Gasteiger partial charge in [-0.3, -0.25) is 4.79 Å². The molecule has 0 saturated heterocycles. The molecule has 0 aliphatic carbocycles. The molecule has 3 aromatic rings. The Balaban J connectivity index is 2.63. The average Bonchev–Trinajstić information content (AvgIpc) is 2.57. The molecule has 0 atom stereocenters. The number of hydrogen-bond donors (Lipinski definition) is 2. The van der Waals surface area contributed by atoms with Crippen molar-refractivity contribution in [1.82, 2.24) is 9.97 Å². The van der Waals surface area contributed by atoms with Crippen molar-refractivity contribution in [2.75, 3.05) is 0 Å². The Morgan fingerprint density at radius 2 is 2.00 bits per heavy atom. The van der Waals surface area contributed by atoms with Crippen LogP contribution in [0.5, 0.6) is 0 Å². The lowest BCUT2D eigenvalue weighted by Gasteiger charge is -1.92. The zero-order valence-electron chi connectivity index (χ0n) is 8.29. The normalized spacial score (nSPS) is 11.3. The smallest absolute Gasteiger partial charge is 0.272 e. The minimum atomic E-state index is -0.0682. The lowest BCUT2D eigenvalue weighted by atomic mass is 10.1. The van der Waals surface area contributed by atoms with Crippen molar-refractivity contribution in [1.29, 1.82) is 0 Å². The van der Waals surface area contributed by atoms with Crippen LogP contribution in [0.2, 0.25) is 0 Å². The van der Waals surface area contributed by atoms with E-state index in [0.717, 1.165) is 16.3 Å². The van der Waals surface area contributed by atoms with Gasteiger partial charge in [-0.15, -0.1) is 0 Å². The number of aromatic amines is 2. The first-order valence-electron chi connectivity index (χ1n) is 4.85. The molecule has 0 amide bonds. The Morgan fingerprint density at radius 1 is 1.13 bits per heavy atom. The molecule has 74 valence electrons. The number of benzene rings is 1. The van der Waals surface area contributed by atoms with E-state index in [-0.39, 0.29) is 5.56 Å². The monoisotopic (exact) mass is 198 g/mol. The van der Waals surface area contributed by atoms with Crippen LogP contribution >= 0.6 is 0 Å². The second kappa shape index (κ2) is 2.73. The van der Waals surface area contributed by atoms with Crippen LogP contribution in [-0.4, -0.2) is 9.97 Å². The highest BCUT2D eigenvalue weighted by atomic mass is 16.1. The van der Waals surface area contributed by atoms with Crippen molar-refractivity contribution in [3.05, 3.63) is 46.4 Å². The van der Waals surface area contributed by atoms with Gasteiger partial charge in [0.2, 0.25) is 0 Å². The van der Waals surface area contributed by atoms with E-state index in [1.165, 1.54) is 5.56 Å². The third-order valence-electron chi connectivity index (χ3n) is 2.69. The first kappa shape index (κ1) is 8.29. The van der Waals surface area contributed by atoms with Crippen molar-refractivity contribution in [2.24, 2.45) is 0 Å². The number of nitrogens with one attached hydrogen (secondary N) is 2. The number of fused-ring (bicyclic) bond motifs is 3. The van der Waals surface area contributed by atoms with Crippen LogP contribution in [0.4, 0.5) is 0 Å². The lowest BCUT2D eigenvalue weighted by Crippen LogP contribution is -2.03. The quantitative estimate of drug-likeness (QED) is 0.572. The van der Waals surface area contributed by atoms with Gasteiger partial charge in [-0.05, 0) is 24.6 Å². The van der Waals surface area contributed by atoms with Gasteiger partial charge >= 0.3 is 0 Å². The molecule has 0 unspecified atom stereocenters. The summed E-state index contributed by atoms with van der Waals surface area (Å²) in [5.41, 5.74) is 2.78. The third kappa shape index (κ3) is 1.09. The van der Waals surface area contributed by atoms with E-state index >= 15 is 0 Å². The molecule has 3 rings (SSSR count). The van der Waals surface area contributed by atoms with E-state index in [1.807, 2.05) is 19.1 Å². The van der Waals surface area contributed by atoms with Crippen molar-refractivity contribution < 1.29 is 0 Å². The fourth-order valence-electron chi connectivity index (χ4n) is 1.96. The Bertz CT molecular complexity index is 706. The number of pyridine rings is 1. The van der Waals surface area contributed by atoms with Crippen molar-refractivity contribution in [3.8, 4) is 0 Å². The van der Waals surface area contributed by atoms with Gasteiger partial charge in [-0.1, -0.05) is 12.1 Å². The molecule has 0 fully saturated rings. The SMILES string of the molecule is Cc1ccc2c(c1)[nH]c1c(=O)[nH]ccc12. The van der Waals surface area contributed by atoms with Gasteiger partial charge < -0.3 is 9.97 Å². The average molecular weight is 198 g/mol. The number of aromatic nitrogens is 2. The van der Waals surface area contributed by atoms with Gasteiger partial charge in [0.15, 0.2) is 0 Å². The van der Waals surface area contributed by atoms with Crippen LogP contribution < -0.4 is 5.56 Å². The Kier molecular flexibility index (Phi) is 1.51. The maximum absolute atomic E-state index is 11.5. The third-order valence-corrected chi connectivity index (χ3v) is 2.69. The van der Waals surface area contributed by atoms with E-state index in [4.69, 9.17) is 0 Å². The molecular weight excluding hydrogens is 188 g/mol. The molecule has 1 aromatic carbocycles. The summed E-state index contributed by atoms with van der Waals surface area (Å²) in [6.07, 6.45) is 1.68. The molecule has 0 aliphatic rings. The number of hydrogen-bond acceptors (Lipinski definition) is 1. The summed E-state index contributed by atoms with van der Waals surface area (Å²) in [6.45, 7) is 2.04.